The van der Waals surface area contributed by atoms with Gasteiger partial charge in [0.05, 0.1) is 7.11 Å². The molecule has 29 heavy (non-hydrogen) atoms. The number of benzene rings is 3. The number of methoxy groups -OCH3 is 1. The lowest BCUT2D eigenvalue weighted by atomic mass is 10.2. The lowest BCUT2D eigenvalue weighted by Gasteiger charge is -2.28. The summed E-state index contributed by atoms with van der Waals surface area (Å²) < 4.78 is 4.72. The molecular weight excluding hydrogens is 375 g/mol. The number of unbranched alkanes of at least 4 members (excludes halogenated alkanes) is 1. The van der Waals surface area contributed by atoms with Crippen molar-refractivity contribution in [3.05, 3.63) is 103 Å². The molecule has 3 rings (SSSR count). The van der Waals surface area contributed by atoms with Gasteiger partial charge in [0.1, 0.15) is 0 Å². The molecule has 0 atom stereocenters. The summed E-state index contributed by atoms with van der Waals surface area (Å²) in [6.45, 7) is -1.93. The van der Waals surface area contributed by atoms with Crippen molar-refractivity contribution in [1.29, 1.82) is 0 Å². The van der Waals surface area contributed by atoms with E-state index in [1.165, 1.54) is 23.0 Å². The first-order chi connectivity index (χ1) is 14.3. The normalized spacial score (nSPS) is 11.3. The minimum Gasteiger partial charge on any atom is -0.469 e. The number of hydrogen-bond donors (Lipinski definition) is 0. The Morgan fingerprint density at radius 2 is 1.24 bits per heavy atom. The van der Waals surface area contributed by atoms with Gasteiger partial charge in [0.15, 0.2) is 0 Å². The number of allylic oxidation sites excluding steroid dienone is 2. The second-order valence-corrected chi connectivity index (χ2v) is 10.1. The molecular formula is C26H27O2P. The maximum atomic E-state index is 11.3. The number of ether oxygens (including phenoxy) is 1. The number of carbonyl (C=O) groups excluding carboxylic acids is 1. The summed E-state index contributed by atoms with van der Waals surface area (Å²) in [5.41, 5.74) is 0. The maximum absolute atomic E-state index is 11.3. The Hall–Kier alpha value is -2.83. The quantitative estimate of drug-likeness (QED) is 0.311. The molecule has 0 saturated carbocycles. The Kier molecular flexibility index (Phi) is 7.67. The summed E-state index contributed by atoms with van der Waals surface area (Å²) in [6.07, 6.45) is 6.44. The lowest BCUT2D eigenvalue weighted by molar-refractivity contribution is -0.140. The average molecular weight is 402 g/mol. The van der Waals surface area contributed by atoms with Crippen molar-refractivity contribution in [1.82, 2.24) is 0 Å². The zero-order chi connectivity index (χ0) is 20.4. The Balaban J connectivity index is 2.07. The monoisotopic (exact) mass is 402 g/mol. The van der Waals surface area contributed by atoms with E-state index in [4.69, 9.17) is 4.74 Å². The van der Waals surface area contributed by atoms with Gasteiger partial charge in [-0.2, -0.15) is 0 Å². The summed E-state index contributed by atoms with van der Waals surface area (Å²) >= 11 is 0. The van der Waals surface area contributed by atoms with Gasteiger partial charge >= 0.3 is 5.97 Å². The van der Waals surface area contributed by atoms with Gasteiger partial charge in [-0.05, 0) is 35.6 Å². The summed E-state index contributed by atoms with van der Waals surface area (Å²) in [5.74, 6) is 2.23. The molecule has 0 aliphatic rings. The van der Waals surface area contributed by atoms with Crippen LogP contribution in [0.2, 0.25) is 0 Å². The molecule has 0 N–H and O–H groups in total. The third-order valence-corrected chi connectivity index (χ3v) is 8.87. The highest BCUT2D eigenvalue weighted by atomic mass is 31.2. The van der Waals surface area contributed by atoms with Crippen molar-refractivity contribution in [2.75, 3.05) is 7.11 Å². The van der Waals surface area contributed by atoms with Crippen LogP contribution in [0.1, 0.15) is 19.3 Å². The molecule has 3 aromatic carbocycles. The fourth-order valence-electron chi connectivity index (χ4n) is 3.45. The van der Waals surface area contributed by atoms with Crippen LogP contribution in [0.3, 0.4) is 0 Å². The van der Waals surface area contributed by atoms with Crippen LogP contribution in [0.15, 0.2) is 103 Å². The van der Waals surface area contributed by atoms with E-state index < -0.39 is 6.89 Å². The Bertz CT molecular complexity index is 874. The van der Waals surface area contributed by atoms with E-state index in [2.05, 4.69) is 109 Å². The van der Waals surface area contributed by atoms with Crippen LogP contribution in [-0.4, -0.2) is 18.9 Å². The fraction of sp³-hybridized carbons (Fsp3) is 0.154. The first kappa shape index (κ1) is 20.9. The van der Waals surface area contributed by atoms with Gasteiger partial charge in [0.2, 0.25) is 0 Å². The predicted octanol–water partition coefficient (Wildman–Crippen LogP) is 4.68. The molecule has 0 aliphatic heterocycles. The highest BCUT2D eigenvalue weighted by molar-refractivity contribution is 7.94. The molecule has 0 spiro atoms. The van der Waals surface area contributed by atoms with E-state index in [9.17, 15) is 4.79 Å². The van der Waals surface area contributed by atoms with Gasteiger partial charge in [-0.3, -0.25) is 4.79 Å². The topological polar surface area (TPSA) is 26.3 Å². The van der Waals surface area contributed by atoms with Gasteiger partial charge < -0.3 is 4.74 Å². The number of esters is 1. The van der Waals surface area contributed by atoms with Gasteiger partial charge in [-0.1, -0.05) is 109 Å². The Morgan fingerprint density at radius 1 is 0.793 bits per heavy atom. The Morgan fingerprint density at radius 3 is 1.66 bits per heavy atom. The molecule has 0 fully saturated rings. The summed E-state index contributed by atoms with van der Waals surface area (Å²) in [4.78, 5) is 11.3. The molecule has 0 heterocycles. The van der Waals surface area contributed by atoms with Crippen LogP contribution in [-0.2, 0) is 9.53 Å². The summed E-state index contributed by atoms with van der Waals surface area (Å²) in [7, 11) is 1.43. The van der Waals surface area contributed by atoms with Crippen molar-refractivity contribution in [2.45, 2.75) is 19.3 Å². The SMILES string of the molecule is COC(=O)CCCC=CC=P(c1ccccc1)(c1ccccc1)c1ccccc1. The van der Waals surface area contributed by atoms with Crippen molar-refractivity contribution in [3.8, 4) is 0 Å². The van der Waals surface area contributed by atoms with Gasteiger partial charge in [-0.15, -0.1) is 0 Å². The van der Waals surface area contributed by atoms with E-state index in [1.54, 1.807) is 0 Å². The van der Waals surface area contributed by atoms with E-state index in [0.29, 0.717) is 6.42 Å². The smallest absolute Gasteiger partial charge is 0.305 e. The number of carbonyl (C=O) groups is 1. The van der Waals surface area contributed by atoms with Gasteiger partial charge in [0, 0.05) is 6.42 Å². The van der Waals surface area contributed by atoms with Crippen LogP contribution < -0.4 is 15.9 Å². The number of rotatable bonds is 8. The van der Waals surface area contributed by atoms with E-state index in [-0.39, 0.29) is 5.97 Å². The minimum atomic E-state index is -1.93. The first-order valence-electron chi connectivity index (χ1n) is 9.91. The van der Waals surface area contributed by atoms with Gasteiger partial charge in [-0.25, -0.2) is 0 Å². The second kappa shape index (κ2) is 10.6. The first-order valence-corrected chi connectivity index (χ1v) is 11.8. The molecule has 2 nitrogen and oxygen atoms in total. The largest absolute Gasteiger partial charge is 0.469 e. The second-order valence-electron chi connectivity index (χ2n) is 6.77. The minimum absolute atomic E-state index is 0.151. The average Bonchev–Trinajstić information content (AvgIpc) is 2.80. The van der Waals surface area contributed by atoms with E-state index >= 15 is 0 Å². The summed E-state index contributed by atoms with van der Waals surface area (Å²) in [6, 6.07) is 32.3. The van der Waals surface area contributed by atoms with Crippen molar-refractivity contribution >= 4 is 34.6 Å². The van der Waals surface area contributed by atoms with Crippen molar-refractivity contribution in [3.63, 3.8) is 0 Å². The Labute approximate surface area is 173 Å². The molecule has 0 aromatic heterocycles. The molecule has 148 valence electrons. The standard InChI is InChI=1S/C26H27O2P/c1-28-26(27)21-13-2-3-14-22-29(23-15-7-4-8-16-23,24-17-9-5-10-18-24)25-19-11-6-12-20-25/h3-12,14-20,22H,2,13,21H2,1H3. The molecule has 0 unspecified atom stereocenters. The molecule has 0 radical (unpaired) electrons. The highest BCUT2D eigenvalue weighted by Gasteiger charge is 2.23. The molecule has 0 amide bonds. The van der Waals surface area contributed by atoms with Crippen LogP contribution in [0.25, 0.3) is 0 Å². The highest BCUT2D eigenvalue weighted by Crippen LogP contribution is 2.43. The van der Waals surface area contributed by atoms with E-state index in [0.717, 1.165) is 12.8 Å². The lowest BCUT2D eigenvalue weighted by Crippen LogP contribution is -2.26. The van der Waals surface area contributed by atoms with Crippen LogP contribution >= 0.6 is 6.89 Å². The third kappa shape index (κ3) is 5.16. The zero-order valence-electron chi connectivity index (χ0n) is 16.8. The third-order valence-electron chi connectivity index (χ3n) is 4.92. The molecule has 3 heteroatoms. The molecule has 0 bridgehead atoms. The molecule has 0 saturated heterocycles. The van der Waals surface area contributed by atoms with E-state index in [1.807, 2.05) is 0 Å². The predicted molar refractivity (Wildman–Crippen MR) is 126 cm³/mol. The zero-order valence-corrected chi connectivity index (χ0v) is 17.7. The van der Waals surface area contributed by atoms with Crippen LogP contribution in [0.5, 0.6) is 0 Å². The molecule has 0 aliphatic carbocycles. The summed E-state index contributed by atoms with van der Waals surface area (Å²) in [5, 5.41) is 3.99. The van der Waals surface area contributed by atoms with Crippen LogP contribution in [0.4, 0.5) is 0 Å². The number of hydrogen-bond acceptors (Lipinski definition) is 2. The maximum Gasteiger partial charge on any atom is 0.305 e. The fourth-order valence-corrected chi connectivity index (χ4v) is 7.17. The van der Waals surface area contributed by atoms with Crippen molar-refractivity contribution < 1.29 is 9.53 Å². The van der Waals surface area contributed by atoms with Crippen molar-refractivity contribution in [2.24, 2.45) is 0 Å². The molecule has 3 aromatic rings. The van der Waals surface area contributed by atoms with Gasteiger partial charge in [0.25, 0.3) is 0 Å². The van der Waals surface area contributed by atoms with Crippen LogP contribution in [0, 0.1) is 0 Å².